The molecule has 1 aliphatic heterocycles. The second-order valence-electron chi connectivity index (χ2n) is 6.31. The minimum atomic E-state index is -0.512. The van der Waals surface area contributed by atoms with E-state index in [0.717, 1.165) is 38.6 Å². The topological polar surface area (TPSA) is 84.1 Å². The second kappa shape index (κ2) is 6.09. The average molecular weight is 293 g/mol. The van der Waals surface area contributed by atoms with Crippen molar-refractivity contribution < 1.29 is 9.90 Å². The Morgan fingerprint density at radius 3 is 3.10 bits per heavy atom. The molecule has 2 heterocycles. The number of likely N-dealkylation sites (tertiary alicyclic amines) is 1. The van der Waals surface area contributed by atoms with Gasteiger partial charge in [-0.3, -0.25) is 4.79 Å². The van der Waals surface area contributed by atoms with Crippen molar-refractivity contribution in [2.75, 3.05) is 13.1 Å². The normalized spacial score (nSPS) is 29.2. The van der Waals surface area contributed by atoms with E-state index in [-0.39, 0.29) is 11.8 Å². The maximum Gasteiger partial charge on any atom is 0.222 e. The number of aromatic nitrogens is 4. The number of tetrazole rings is 1. The van der Waals surface area contributed by atoms with Gasteiger partial charge in [0.05, 0.1) is 5.60 Å². The van der Waals surface area contributed by atoms with Gasteiger partial charge in [0.25, 0.3) is 0 Å². The fourth-order valence-electron chi connectivity index (χ4n) is 3.63. The lowest BCUT2D eigenvalue weighted by atomic mass is 9.71. The van der Waals surface area contributed by atoms with E-state index in [0.29, 0.717) is 19.5 Å². The standard InChI is InChI=1S/C14H23N5O2/c20-13(5-3-8-19-11-15-16-17-19)18-9-7-14(21)6-2-1-4-12(14)10-18/h11-12,21H,1-10H2/t12-,14-/m0/s1. The van der Waals surface area contributed by atoms with Gasteiger partial charge in [-0.05, 0) is 36.1 Å². The first-order valence-electron chi connectivity index (χ1n) is 7.88. The van der Waals surface area contributed by atoms with Gasteiger partial charge in [0.1, 0.15) is 6.33 Å². The highest BCUT2D eigenvalue weighted by Gasteiger charge is 2.43. The summed E-state index contributed by atoms with van der Waals surface area (Å²) in [6, 6.07) is 0. The Morgan fingerprint density at radius 2 is 2.29 bits per heavy atom. The van der Waals surface area contributed by atoms with E-state index >= 15 is 0 Å². The fourth-order valence-corrected chi connectivity index (χ4v) is 3.63. The third-order valence-corrected chi connectivity index (χ3v) is 4.95. The van der Waals surface area contributed by atoms with Crippen LogP contribution in [-0.2, 0) is 11.3 Å². The Labute approximate surface area is 124 Å². The van der Waals surface area contributed by atoms with Crippen LogP contribution in [0.4, 0.5) is 0 Å². The highest BCUT2D eigenvalue weighted by atomic mass is 16.3. The van der Waals surface area contributed by atoms with Crippen LogP contribution in [0.15, 0.2) is 6.33 Å². The van der Waals surface area contributed by atoms with Crippen molar-refractivity contribution in [1.29, 1.82) is 0 Å². The lowest BCUT2D eigenvalue weighted by Gasteiger charge is -2.47. The SMILES string of the molecule is O=C(CCCn1cnnn1)N1CC[C@@]2(O)CCCC[C@H]2C1. The zero-order valence-electron chi connectivity index (χ0n) is 12.3. The minimum absolute atomic E-state index is 0.190. The third-order valence-electron chi connectivity index (χ3n) is 4.95. The van der Waals surface area contributed by atoms with Crippen LogP contribution < -0.4 is 0 Å². The van der Waals surface area contributed by atoms with Crippen LogP contribution in [0.5, 0.6) is 0 Å². The van der Waals surface area contributed by atoms with Crippen molar-refractivity contribution in [1.82, 2.24) is 25.1 Å². The number of aryl methyl sites for hydroxylation is 1. The summed E-state index contributed by atoms with van der Waals surface area (Å²) in [5, 5.41) is 21.6. The van der Waals surface area contributed by atoms with Crippen LogP contribution in [0.1, 0.15) is 44.9 Å². The molecule has 1 aromatic heterocycles. The third kappa shape index (κ3) is 3.23. The van der Waals surface area contributed by atoms with Gasteiger partial charge in [0, 0.05) is 32.0 Å². The molecular weight excluding hydrogens is 270 g/mol. The molecule has 0 radical (unpaired) electrons. The number of carbonyl (C=O) groups excluding carboxylic acids is 1. The zero-order chi connectivity index (χ0) is 14.7. The summed E-state index contributed by atoms with van der Waals surface area (Å²) < 4.78 is 1.64. The Bertz CT molecular complexity index is 478. The molecule has 1 saturated heterocycles. The van der Waals surface area contributed by atoms with E-state index in [9.17, 15) is 9.90 Å². The molecule has 2 atom stereocenters. The van der Waals surface area contributed by atoms with Crippen LogP contribution in [-0.4, -0.2) is 54.8 Å². The van der Waals surface area contributed by atoms with Crippen molar-refractivity contribution in [3.8, 4) is 0 Å². The zero-order valence-corrected chi connectivity index (χ0v) is 12.3. The summed E-state index contributed by atoms with van der Waals surface area (Å²) in [5.74, 6) is 0.458. The van der Waals surface area contributed by atoms with Gasteiger partial charge in [-0.15, -0.1) is 5.10 Å². The van der Waals surface area contributed by atoms with Crippen LogP contribution in [0.25, 0.3) is 0 Å². The van der Waals surface area contributed by atoms with E-state index in [4.69, 9.17) is 0 Å². The predicted molar refractivity (Wildman–Crippen MR) is 75.2 cm³/mol. The van der Waals surface area contributed by atoms with Gasteiger partial charge in [0.2, 0.25) is 5.91 Å². The largest absolute Gasteiger partial charge is 0.389 e. The van der Waals surface area contributed by atoms with Crippen molar-refractivity contribution >= 4 is 5.91 Å². The Balaban J connectivity index is 1.47. The molecule has 1 aromatic rings. The average Bonchev–Trinajstić information content (AvgIpc) is 2.99. The van der Waals surface area contributed by atoms with Crippen molar-refractivity contribution in [3.63, 3.8) is 0 Å². The van der Waals surface area contributed by atoms with E-state index < -0.39 is 5.60 Å². The van der Waals surface area contributed by atoms with Gasteiger partial charge in [0.15, 0.2) is 0 Å². The molecule has 0 aromatic carbocycles. The fraction of sp³-hybridized carbons (Fsp3) is 0.857. The molecule has 0 bridgehead atoms. The van der Waals surface area contributed by atoms with Gasteiger partial charge < -0.3 is 10.0 Å². The number of rotatable bonds is 4. The second-order valence-corrected chi connectivity index (χ2v) is 6.31. The van der Waals surface area contributed by atoms with Crippen LogP contribution in [0, 0.1) is 5.92 Å². The number of hydrogen-bond donors (Lipinski definition) is 1. The molecule has 0 unspecified atom stereocenters. The number of amides is 1. The van der Waals surface area contributed by atoms with E-state index in [1.54, 1.807) is 11.0 Å². The summed E-state index contributed by atoms with van der Waals surface area (Å²) in [6.45, 7) is 2.08. The Kier molecular flexibility index (Phi) is 4.19. The molecule has 7 nitrogen and oxygen atoms in total. The monoisotopic (exact) mass is 293 g/mol. The van der Waals surface area contributed by atoms with E-state index in [2.05, 4.69) is 15.5 Å². The molecular formula is C14H23N5O2. The number of carbonyl (C=O) groups is 1. The lowest BCUT2D eigenvalue weighted by molar-refractivity contribution is -0.143. The van der Waals surface area contributed by atoms with Gasteiger partial charge in [-0.1, -0.05) is 12.8 Å². The smallest absolute Gasteiger partial charge is 0.222 e. The van der Waals surface area contributed by atoms with Gasteiger partial charge in [-0.25, -0.2) is 4.68 Å². The summed E-state index contributed by atoms with van der Waals surface area (Å²) in [6.07, 6.45) is 7.80. The minimum Gasteiger partial charge on any atom is -0.389 e. The molecule has 1 saturated carbocycles. The maximum absolute atomic E-state index is 12.3. The Hall–Kier alpha value is -1.50. The molecule has 2 aliphatic rings. The molecule has 1 amide bonds. The van der Waals surface area contributed by atoms with Crippen LogP contribution in [0.2, 0.25) is 0 Å². The van der Waals surface area contributed by atoms with Crippen molar-refractivity contribution in [2.24, 2.45) is 5.92 Å². The molecule has 0 spiro atoms. The molecule has 1 aliphatic carbocycles. The predicted octanol–water partition coefficient (Wildman–Crippen LogP) is 0.607. The van der Waals surface area contributed by atoms with Gasteiger partial charge in [-0.2, -0.15) is 0 Å². The van der Waals surface area contributed by atoms with E-state index in [1.807, 2.05) is 4.90 Å². The van der Waals surface area contributed by atoms with Crippen LogP contribution >= 0.6 is 0 Å². The van der Waals surface area contributed by atoms with Gasteiger partial charge >= 0.3 is 0 Å². The summed E-state index contributed by atoms with van der Waals surface area (Å²) in [7, 11) is 0. The van der Waals surface area contributed by atoms with Crippen molar-refractivity contribution in [3.05, 3.63) is 6.33 Å². The molecule has 7 heteroatoms. The Morgan fingerprint density at radius 1 is 1.38 bits per heavy atom. The van der Waals surface area contributed by atoms with Crippen molar-refractivity contribution in [2.45, 2.75) is 57.1 Å². The lowest BCUT2D eigenvalue weighted by Crippen LogP contribution is -2.54. The number of nitrogens with zero attached hydrogens (tertiary/aromatic N) is 5. The molecule has 116 valence electrons. The number of hydrogen-bond acceptors (Lipinski definition) is 5. The summed E-state index contributed by atoms with van der Waals surface area (Å²) >= 11 is 0. The highest BCUT2D eigenvalue weighted by Crippen LogP contribution is 2.39. The molecule has 21 heavy (non-hydrogen) atoms. The first-order valence-corrected chi connectivity index (χ1v) is 7.88. The quantitative estimate of drug-likeness (QED) is 0.879. The number of aliphatic hydroxyl groups is 1. The number of piperidine rings is 1. The first kappa shape index (κ1) is 14.4. The van der Waals surface area contributed by atoms with E-state index in [1.165, 1.54) is 6.42 Å². The summed E-state index contributed by atoms with van der Waals surface area (Å²) in [5.41, 5.74) is -0.512. The van der Waals surface area contributed by atoms with Crippen LogP contribution in [0.3, 0.4) is 0 Å². The highest BCUT2D eigenvalue weighted by molar-refractivity contribution is 5.76. The number of fused-ring (bicyclic) bond motifs is 1. The molecule has 2 fully saturated rings. The molecule has 3 rings (SSSR count). The maximum atomic E-state index is 12.3. The summed E-state index contributed by atoms with van der Waals surface area (Å²) in [4.78, 5) is 14.2. The first-order chi connectivity index (χ1) is 10.2. The molecule has 1 N–H and O–H groups in total.